The lowest BCUT2D eigenvalue weighted by Crippen LogP contribution is -1.95. The van der Waals surface area contributed by atoms with Gasteiger partial charge in [0.2, 0.25) is 0 Å². The van der Waals surface area contributed by atoms with Gasteiger partial charge in [-0.15, -0.1) is 0 Å². The third-order valence-corrected chi connectivity index (χ3v) is 3.92. The van der Waals surface area contributed by atoms with Gasteiger partial charge in [0.1, 0.15) is 0 Å². The molecule has 22 heavy (non-hydrogen) atoms. The number of thiocarbonyl (C=S) groups is 2. The van der Waals surface area contributed by atoms with E-state index in [1.165, 1.54) is 0 Å². The summed E-state index contributed by atoms with van der Waals surface area (Å²) in [4.78, 5) is 8.19. The summed E-state index contributed by atoms with van der Waals surface area (Å²) in [7, 11) is 0. The van der Waals surface area contributed by atoms with Crippen molar-refractivity contribution in [3.63, 3.8) is 0 Å². The van der Waals surface area contributed by atoms with E-state index in [0.29, 0.717) is 16.9 Å². The molecule has 1 unspecified atom stereocenters. The Morgan fingerprint density at radius 2 is 1.68 bits per heavy atom. The van der Waals surface area contributed by atoms with E-state index in [4.69, 9.17) is 0 Å². The van der Waals surface area contributed by atoms with Crippen molar-refractivity contribution in [3.8, 4) is 11.1 Å². The van der Waals surface area contributed by atoms with E-state index in [1.54, 1.807) is 36.4 Å². The van der Waals surface area contributed by atoms with Crippen LogP contribution in [0.3, 0.4) is 0 Å². The van der Waals surface area contributed by atoms with Gasteiger partial charge in [0.05, 0.1) is 26.6 Å². The molecule has 0 amide bonds. The number of hydrogen-bond acceptors (Lipinski definition) is 5. The third-order valence-electron chi connectivity index (χ3n) is 3.02. The number of benzene rings is 2. The molecule has 0 bridgehead atoms. The van der Waals surface area contributed by atoms with Crippen LogP contribution in [0.25, 0.3) is 11.1 Å². The minimum absolute atomic E-state index is 0.265. The van der Waals surface area contributed by atoms with E-state index in [9.17, 15) is 8.76 Å². The van der Waals surface area contributed by atoms with E-state index in [2.05, 4.69) is 44.7 Å². The van der Waals surface area contributed by atoms with Gasteiger partial charge in [-0.1, -0.05) is 18.2 Å². The molecule has 1 atom stereocenters. The summed E-state index contributed by atoms with van der Waals surface area (Å²) in [5.41, 5.74) is 3.30. The standard InChI is InChI=1S/C15H10N2O2S3/c1-10-2-7-13(22(18)19)14(15(10)17-9-21)11-3-5-12(6-4-11)16-8-20/h2-7H,1H3,(H,18,19). The molecule has 0 saturated heterocycles. The zero-order chi connectivity index (χ0) is 16.1. The minimum Gasteiger partial charge on any atom is -0.302 e. The first-order valence-corrected chi connectivity index (χ1v) is 8.01. The highest BCUT2D eigenvalue weighted by Crippen LogP contribution is 2.38. The Hall–Kier alpha value is -1.85. The first kappa shape index (κ1) is 16.5. The van der Waals surface area contributed by atoms with Crippen molar-refractivity contribution in [2.75, 3.05) is 0 Å². The molecule has 0 spiro atoms. The molecule has 0 aliphatic heterocycles. The zero-order valence-electron chi connectivity index (χ0n) is 11.4. The van der Waals surface area contributed by atoms with Gasteiger partial charge in [-0.3, -0.25) is 0 Å². The Kier molecular flexibility index (Phi) is 5.57. The van der Waals surface area contributed by atoms with Crippen molar-refractivity contribution in [2.24, 2.45) is 9.98 Å². The van der Waals surface area contributed by atoms with Gasteiger partial charge in [-0.05, 0) is 60.7 Å². The van der Waals surface area contributed by atoms with Crippen LogP contribution in [0.4, 0.5) is 11.4 Å². The summed E-state index contributed by atoms with van der Waals surface area (Å²) in [6.45, 7) is 1.85. The lowest BCUT2D eigenvalue weighted by molar-refractivity contribution is 0.564. The Morgan fingerprint density at radius 1 is 1.05 bits per heavy atom. The van der Waals surface area contributed by atoms with Gasteiger partial charge < -0.3 is 4.55 Å². The Bertz CT molecular complexity index is 835. The topological polar surface area (TPSA) is 62.0 Å². The van der Waals surface area contributed by atoms with Gasteiger partial charge in [0.25, 0.3) is 0 Å². The molecule has 0 aromatic heterocycles. The summed E-state index contributed by atoms with van der Waals surface area (Å²) in [6.07, 6.45) is 0. The number of aryl methyl sites for hydroxylation is 1. The summed E-state index contributed by atoms with van der Waals surface area (Å²) < 4.78 is 21.1. The van der Waals surface area contributed by atoms with E-state index in [0.717, 1.165) is 11.1 Å². The van der Waals surface area contributed by atoms with E-state index in [1.807, 2.05) is 6.92 Å². The third kappa shape index (κ3) is 3.48. The molecule has 2 aromatic rings. The Labute approximate surface area is 140 Å². The second-order valence-corrected chi connectivity index (χ2v) is 5.61. The largest absolute Gasteiger partial charge is 0.302 e. The summed E-state index contributed by atoms with van der Waals surface area (Å²) in [5, 5.41) is 4.61. The molecule has 2 aromatic carbocycles. The van der Waals surface area contributed by atoms with E-state index >= 15 is 0 Å². The maximum atomic E-state index is 11.6. The molecule has 0 aliphatic carbocycles. The quantitative estimate of drug-likeness (QED) is 0.495. The normalized spacial score (nSPS) is 11.2. The lowest BCUT2D eigenvalue weighted by Gasteiger charge is -2.12. The van der Waals surface area contributed by atoms with Crippen molar-refractivity contribution in [1.82, 2.24) is 0 Å². The SMILES string of the molecule is Cc1ccc(S(=O)O)c(-c2ccc(N=C=S)cc2)c1N=C=S. The fourth-order valence-corrected chi connectivity index (χ4v) is 2.82. The van der Waals surface area contributed by atoms with Crippen LogP contribution in [-0.2, 0) is 11.1 Å². The lowest BCUT2D eigenvalue weighted by atomic mass is 10.0. The zero-order valence-corrected chi connectivity index (χ0v) is 13.9. The minimum atomic E-state index is -2.15. The molecule has 0 fully saturated rings. The van der Waals surface area contributed by atoms with Gasteiger partial charge in [-0.2, -0.15) is 9.98 Å². The van der Waals surface area contributed by atoms with E-state index in [-0.39, 0.29) is 4.90 Å². The number of hydrogen-bond donors (Lipinski definition) is 1. The summed E-state index contributed by atoms with van der Waals surface area (Å²) in [5.74, 6) is 0. The first-order chi connectivity index (χ1) is 10.6. The van der Waals surface area contributed by atoms with Crippen molar-refractivity contribution < 1.29 is 8.76 Å². The average Bonchev–Trinajstić information content (AvgIpc) is 2.50. The molecule has 0 radical (unpaired) electrons. The van der Waals surface area contributed by atoms with E-state index < -0.39 is 11.1 Å². The molecule has 0 heterocycles. The molecule has 0 aliphatic rings. The van der Waals surface area contributed by atoms with Gasteiger partial charge in [0, 0.05) is 5.56 Å². The molecule has 0 saturated carbocycles. The van der Waals surface area contributed by atoms with Crippen LogP contribution in [-0.4, -0.2) is 19.1 Å². The second-order valence-electron chi connectivity index (χ2n) is 4.31. The van der Waals surface area contributed by atoms with Crippen LogP contribution in [0.1, 0.15) is 5.56 Å². The Morgan fingerprint density at radius 3 is 2.23 bits per heavy atom. The summed E-state index contributed by atoms with van der Waals surface area (Å²) >= 11 is 7.09. The monoisotopic (exact) mass is 346 g/mol. The average molecular weight is 346 g/mol. The highest BCUT2D eigenvalue weighted by molar-refractivity contribution is 7.79. The van der Waals surface area contributed by atoms with Crippen molar-refractivity contribution in [2.45, 2.75) is 11.8 Å². The number of isothiocyanates is 2. The molecular formula is C15H10N2O2S3. The molecular weight excluding hydrogens is 336 g/mol. The van der Waals surface area contributed by atoms with Crippen molar-refractivity contribution in [3.05, 3.63) is 42.0 Å². The van der Waals surface area contributed by atoms with Gasteiger partial charge in [-0.25, -0.2) is 4.21 Å². The van der Waals surface area contributed by atoms with Crippen LogP contribution in [0.5, 0.6) is 0 Å². The van der Waals surface area contributed by atoms with Crippen molar-refractivity contribution in [1.29, 1.82) is 0 Å². The Balaban J connectivity index is 2.75. The highest BCUT2D eigenvalue weighted by atomic mass is 32.2. The van der Waals surface area contributed by atoms with Gasteiger partial charge in [0.15, 0.2) is 11.1 Å². The predicted octanol–water partition coefficient (Wildman–Crippen LogP) is 4.71. The highest BCUT2D eigenvalue weighted by Gasteiger charge is 2.16. The maximum Gasteiger partial charge on any atom is 0.187 e. The van der Waals surface area contributed by atoms with Crippen LogP contribution in [0.2, 0.25) is 0 Å². The molecule has 4 nitrogen and oxygen atoms in total. The van der Waals surface area contributed by atoms with Crippen LogP contribution in [0, 0.1) is 6.92 Å². The molecule has 7 heteroatoms. The first-order valence-electron chi connectivity index (χ1n) is 6.09. The fraction of sp³-hybridized carbons (Fsp3) is 0.0667. The molecule has 2 rings (SSSR count). The smallest absolute Gasteiger partial charge is 0.187 e. The van der Waals surface area contributed by atoms with Crippen molar-refractivity contribution >= 4 is 57.2 Å². The van der Waals surface area contributed by atoms with Crippen LogP contribution < -0.4 is 0 Å². The second kappa shape index (κ2) is 7.42. The maximum absolute atomic E-state index is 11.6. The molecule has 1 N–H and O–H groups in total. The summed E-state index contributed by atoms with van der Waals surface area (Å²) in [6, 6.07) is 10.4. The predicted molar refractivity (Wildman–Crippen MR) is 95.0 cm³/mol. The van der Waals surface area contributed by atoms with Gasteiger partial charge >= 0.3 is 0 Å². The number of nitrogens with zero attached hydrogens (tertiary/aromatic N) is 2. The number of rotatable bonds is 4. The molecule has 110 valence electrons. The fourth-order valence-electron chi connectivity index (χ4n) is 2.05. The number of aliphatic imine (C=N–C) groups is 2. The van der Waals surface area contributed by atoms with Crippen LogP contribution in [0.15, 0.2) is 51.3 Å². The van der Waals surface area contributed by atoms with Crippen LogP contribution >= 0.6 is 24.4 Å².